The van der Waals surface area contributed by atoms with Gasteiger partial charge in [0.2, 0.25) is 12.9 Å². The summed E-state index contributed by atoms with van der Waals surface area (Å²) in [6.07, 6.45) is 13.9. The summed E-state index contributed by atoms with van der Waals surface area (Å²) in [5, 5.41) is 23.8. The van der Waals surface area contributed by atoms with Gasteiger partial charge in [-0.05, 0) is 44.9 Å². The molecule has 2 N–H and O–H groups in total. The van der Waals surface area contributed by atoms with Crippen LogP contribution in [0.5, 0.6) is 28.7 Å². The van der Waals surface area contributed by atoms with E-state index < -0.39 is 53.6 Å². The third-order valence-electron chi connectivity index (χ3n) is 13.2. The topological polar surface area (TPSA) is 154 Å². The first-order valence-electron chi connectivity index (χ1n) is 22.2. The van der Waals surface area contributed by atoms with Gasteiger partial charge in [0.1, 0.15) is 18.6 Å². The van der Waals surface area contributed by atoms with Gasteiger partial charge in [-0.2, -0.15) is 0 Å². The van der Waals surface area contributed by atoms with Crippen LogP contribution in [0.1, 0.15) is 154 Å². The van der Waals surface area contributed by atoms with Crippen LogP contribution in [0.15, 0.2) is 6.07 Å². The second kappa shape index (κ2) is 19.5. The summed E-state index contributed by atoms with van der Waals surface area (Å²) in [6, 6.07) is -0.228. The number of piperazine rings is 1. The number of thioether (sulfide) groups is 1. The Morgan fingerprint density at radius 1 is 0.900 bits per heavy atom. The standard InChI is InChI=1S/C46H64N2O11S/c1-7-8-9-10-11-12-13-14-15-16-17-18-19-20-33(50)59-32-24-60-44-36-35(43-42(56-25-57-43)27(3)41(36)58-28(4)49)31(23-55-46(32)53)48-38(44)37-34-29(22-30(45(48)52)47(37)5)21-26(2)40(54-6)39(34)51/h21,30-32,37-38,44-45,51-52H,7-20,22-25H2,1-6H3/t30-,31-,32-,37+,38?,44+,45-/m0/s1. The third kappa shape index (κ3) is 8.67. The molecule has 4 bridgehead atoms. The number of carbonyl (C=O) groups is 3. The predicted octanol–water partition coefficient (Wildman–Crippen LogP) is 8.05. The molecule has 6 aliphatic rings. The fraction of sp³-hybridized carbons (Fsp3) is 0.674. The number of aromatic hydroxyl groups is 1. The molecule has 8 rings (SSSR count). The summed E-state index contributed by atoms with van der Waals surface area (Å²) in [5.41, 5.74) is 4.22. The van der Waals surface area contributed by atoms with Gasteiger partial charge in [-0.1, -0.05) is 90.0 Å². The molecule has 330 valence electrons. The van der Waals surface area contributed by atoms with E-state index in [2.05, 4.69) is 11.8 Å². The van der Waals surface area contributed by atoms with Crippen molar-refractivity contribution in [3.63, 3.8) is 0 Å². The van der Waals surface area contributed by atoms with Gasteiger partial charge in [0, 0.05) is 47.4 Å². The fourth-order valence-corrected chi connectivity index (χ4v) is 11.8. The first kappa shape index (κ1) is 44.3. The van der Waals surface area contributed by atoms with Crippen molar-refractivity contribution < 1.29 is 53.0 Å². The number of phenols is 1. The normalized spacial score (nSPS) is 25.5. The quantitative estimate of drug-likeness (QED) is 0.0896. The Morgan fingerprint density at radius 3 is 2.20 bits per heavy atom. The van der Waals surface area contributed by atoms with Gasteiger partial charge in [-0.25, -0.2) is 4.79 Å². The molecule has 13 nitrogen and oxygen atoms in total. The van der Waals surface area contributed by atoms with E-state index >= 15 is 0 Å². The number of hydrogen-bond acceptors (Lipinski definition) is 14. The number of likely N-dealkylation sites (N-methyl/N-ethyl adjacent to an activating group) is 1. The van der Waals surface area contributed by atoms with Gasteiger partial charge < -0.3 is 38.6 Å². The van der Waals surface area contributed by atoms with Crippen LogP contribution in [0.2, 0.25) is 0 Å². The SMILES string of the molecule is CCCCCCCCCCCCCCCC(=O)O[C@H]1CS[C@@H]2c3c(OC(C)=O)c(C)c4c(c3[C@H](COC1=O)N1C2[C@H]2c3c(cc(C)c(OC)c3O)C[C@@H]([C@@H]1O)N2C)OCO4. The predicted molar refractivity (Wildman–Crippen MR) is 227 cm³/mol. The minimum Gasteiger partial charge on any atom is -0.504 e. The molecule has 0 spiro atoms. The molecule has 0 amide bonds. The van der Waals surface area contributed by atoms with Crippen LogP contribution in [-0.2, 0) is 30.3 Å². The summed E-state index contributed by atoms with van der Waals surface area (Å²) < 4.78 is 35.9. The molecular formula is C46H64N2O11S. The first-order valence-corrected chi connectivity index (χ1v) is 23.2. The van der Waals surface area contributed by atoms with Crippen molar-refractivity contribution in [1.29, 1.82) is 0 Å². The highest BCUT2D eigenvalue weighted by Gasteiger charge is 2.60. The molecule has 2 aromatic rings. The van der Waals surface area contributed by atoms with E-state index in [1.165, 1.54) is 83.6 Å². The van der Waals surface area contributed by atoms with Crippen LogP contribution in [0.4, 0.5) is 0 Å². The van der Waals surface area contributed by atoms with Gasteiger partial charge >= 0.3 is 17.9 Å². The number of hydrogen-bond donors (Lipinski definition) is 2. The Bertz CT molecular complexity index is 1910. The molecule has 6 heterocycles. The highest BCUT2D eigenvalue weighted by Crippen LogP contribution is 2.64. The highest BCUT2D eigenvalue weighted by molar-refractivity contribution is 7.99. The second-order valence-electron chi connectivity index (χ2n) is 17.2. The second-order valence-corrected chi connectivity index (χ2v) is 18.4. The minimum absolute atomic E-state index is 0.0291. The first-order chi connectivity index (χ1) is 29.0. The Morgan fingerprint density at radius 2 is 1.55 bits per heavy atom. The van der Waals surface area contributed by atoms with Crippen molar-refractivity contribution in [3.8, 4) is 28.7 Å². The van der Waals surface area contributed by atoms with Crippen molar-refractivity contribution in [2.24, 2.45) is 0 Å². The number of benzene rings is 2. The van der Waals surface area contributed by atoms with Gasteiger partial charge in [0.15, 0.2) is 23.0 Å². The number of ether oxygens (including phenoxy) is 6. The molecule has 0 aromatic heterocycles. The molecule has 2 saturated heterocycles. The number of esters is 3. The number of aryl methyl sites for hydroxylation is 1. The van der Waals surface area contributed by atoms with Crippen LogP contribution in [0, 0.1) is 13.8 Å². The lowest BCUT2D eigenvalue weighted by Crippen LogP contribution is -2.69. The number of phenolic OH excluding ortho intramolecular Hbond substituents is 1. The summed E-state index contributed by atoms with van der Waals surface area (Å²) in [5.74, 6) is -0.0223. The highest BCUT2D eigenvalue weighted by atomic mass is 32.2. The number of unbranched alkanes of at least 4 members (excludes halogenated alkanes) is 12. The number of nitrogens with zero attached hydrogens (tertiary/aromatic N) is 2. The molecule has 6 aliphatic heterocycles. The monoisotopic (exact) mass is 852 g/mol. The molecule has 0 saturated carbocycles. The Kier molecular flexibility index (Phi) is 14.4. The van der Waals surface area contributed by atoms with E-state index in [0.29, 0.717) is 58.1 Å². The van der Waals surface area contributed by atoms with E-state index in [0.717, 1.165) is 30.4 Å². The van der Waals surface area contributed by atoms with E-state index in [1.807, 2.05) is 31.9 Å². The molecule has 1 unspecified atom stereocenters. The average molecular weight is 853 g/mol. The lowest BCUT2D eigenvalue weighted by Gasteiger charge is -2.62. The number of methoxy groups -OCH3 is 1. The van der Waals surface area contributed by atoms with Crippen molar-refractivity contribution in [2.75, 3.05) is 33.3 Å². The lowest BCUT2D eigenvalue weighted by molar-refractivity contribution is -0.188. The van der Waals surface area contributed by atoms with E-state index in [-0.39, 0.29) is 37.4 Å². The summed E-state index contributed by atoms with van der Waals surface area (Å²) >= 11 is 1.37. The zero-order chi connectivity index (χ0) is 42.7. The van der Waals surface area contributed by atoms with Crippen molar-refractivity contribution in [1.82, 2.24) is 9.80 Å². The number of fused-ring (bicyclic) bond motifs is 10. The van der Waals surface area contributed by atoms with Gasteiger partial charge in [0.25, 0.3) is 0 Å². The zero-order valence-corrected chi connectivity index (χ0v) is 37.0. The maximum atomic E-state index is 13.9. The molecule has 0 aliphatic carbocycles. The number of rotatable bonds is 17. The van der Waals surface area contributed by atoms with Crippen LogP contribution < -0.4 is 18.9 Å². The van der Waals surface area contributed by atoms with Crippen molar-refractivity contribution >= 4 is 29.7 Å². The molecule has 60 heavy (non-hydrogen) atoms. The number of aliphatic hydroxyl groups excluding tert-OH is 1. The van der Waals surface area contributed by atoms with Gasteiger partial charge in [0.05, 0.1) is 30.5 Å². The molecule has 14 heteroatoms. The molecule has 2 fully saturated rings. The number of carbonyl (C=O) groups excluding carboxylic acids is 3. The van der Waals surface area contributed by atoms with Crippen molar-refractivity contribution in [2.45, 2.75) is 166 Å². The number of aliphatic hydroxyl groups is 1. The largest absolute Gasteiger partial charge is 0.504 e. The Balaban J connectivity index is 1.14. The maximum absolute atomic E-state index is 13.9. The van der Waals surface area contributed by atoms with Crippen LogP contribution in [-0.4, -0.2) is 95.6 Å². The van der Waals surface area contributed by atoms with Crippen LogP contribution in [0.25, 0.3) is 0 Å². The smallest absolute Gasteiger partial charge is 0.348 e. The maximum Gasteiger partial charge on any atom is 0.348 e. The molecule has 7 atom stereocenters. The Hall–Kier alpha value is -3.72. The van der Waals surface area contributed by atoms with Gasteiger partial charge in [-0.3, -0.25) is 19.4 Å². The average Bonchev–Trinajstić information content (AvgIpc) is 3.71. The van der Waals surface area contributed by atoms with Gasteiger partial charge in [-0.15, -0.1) is 11.8 Å². The zero-order valence-electron chi connectivity index (χ0n) is 36.2. The fourth-order valence-electron chi connectivity index (χ4n) is 10.3. The lowest BCUT2D eigenvalue weighted by atomic mass is 9.73. The molecular weight excluding hydrogens is 789 g/mol. The summed E-state index contributed by atoms with van der Waals surface area (Å²) in [7, 11) is 3.48. The molecule has 2 aromatic carbocycles. The van der Waals surface area contributed by atoms with E-state index in [1.54, 1.807) is 0 Å². The summed E-state index contributed by atoms with van der Waals surface area (Å²) in [6.45, 7) is 7.01. The van der Waals surface area contributed by atoms with Crippen LogP contribution in [0.3, 0.4) is 0 Å². The minimum atomic E-state index is -1.19. The van der Waals surface area contributed by atoms with Crippen molar-refractivity contribution in [3.05, 3.63) is 39.4 Å². The Labute approximate surface area is 358 Å². The van der Waals surface area contributed by atoms with Crippen LogP contribution >= 0.6 is 11.8 Å². The van der Waals surface area contributed by atoms with E-state index in [9.17, 15) is 24.6 Å². The molecule has 0 radical (unpaired) electrons. The van der Waals surface area contributed by atoms with E-state index in [4.69, 9.17) is 28.4 Å². The third-order valence-corrected chi connectivity index (χ3v) is 14.6. The summed E-state index contributed by atoms with van der Waals surface area (Å²) in [4.78, 5) is 44.1.